The second kappa shape index (κ2) is 7.34. The largest absolute Gasteiger partial charge is 0.573 e. The third kappa shape index (κ3) is 5.15. The van der Waals surface area contributed by atoms with Crippen LogP contribution in [0, 0.1) is 5.41 Å². The zero-order chi connectivity index (χ0) is 17.7. The Balaban J connectivity index is 2.73. The Hall–Kier alpha value is -2.25. The minimum Gasteiger partial charge on any atom is -0.481 e. The van der Waals surface area contributed by atoms with Crippen molar-refractivity contribution in [3.05, 3.63) is 29.8 Å². The highest BCUT2D eigenvalue weighted by Gasteiger charge is 2.35. The Bertz CT molecular complexity index is 551. The highest BCUT2D eigenvalue weighted by atomic mass is 19.4. The first-order valence-electron chi connectivity index (χ1n) is 7.01. The monoisotopic (exact) mass is 333 g/mol. The molecule has 1 aromatic carbocycles. The number of ether oxygens (including phenoxy) is 1. The van der Waals surface area contributed by atoms with Gasteiger partial charge in [-0.25, -0.2) is 0 Å². The summed E-state index contributed by atoms with van der Waals surface area (Å²) in [5, 5.41) is 11.8. The van der Waals surface area contributed by atoms with Crippen molar-refractivity contribution in [2.24, 2.45) is 5.41 Å². The summed E-state index contributed by atoms with van der Waals surface area (Å²) in [6, 6.07) is 4.40. The van der Waals surface area contributed by atoms with Crippen LogP contribution in [0.25, 0.3) is 0 Å². The van der Waals surface area contributed by atoms with Gasteiger partial charge < -0.3 is 15.2 Å². The quantitative estimate of drug-likeness (QED) is 0.803. The standard InChI is InChI=1S/C15H18F3NO4/c1-3-14(4-2,13(21)22)9-19-12(20)10-5-7-11(8-6-10)23-15(16,17)18/h5-8H,3-4,9H2,1-2H3,(H,19,20)(H,21,22). The van der Waals surface area contributed by atoms with Crippen LogP contribution in [-0.4, -0.2) is 29.9 Å². The summed E-state index contributed by atoms with van der Waals surface area (Å²) < 4.78 is 39.9. The van der Waals surface area contributed by atoms with E-state index in [9.17, 15) is 27.9 Å². The van der Waals surface area contributed by atoms with Gasteiger partial charge in [0.2, 0.25) is 0 Å². The van der Waals surface area contributed by atoms with Crippen LogP contribution in [0.1, 0.15) is 37.0 Å². The molecule has 23 heavy (non-hydrogen) atoms. The van der Waals surface area contributed by atoms with Gasteiger partial charge in [-0.05, 0) is 37.1 Å². The van der Waals surface area contributed by atoms with Crippen molar-refractivity contribution < 1.29 is 32.6 Å². The predicted molar refractivity (Wildman–Crippen MR) is 76.1 cm³/mol. The number of carboxylic acids is 1. The number of carboxylic acid groups (broad SMARTS) is 1. The molecule has 0 aliphatic carbocycles. The molecule has 0 bridgehead atoms. The van der Waals surface area contributed by atoms with Crippen molar-refractivity contribution in [3.8, 4) is 5.75 Å². The maximum Gasteiger partial charge on any atom is 0.573 e. The first-order chi connectivity index (χ1) is 10.6. The third-order valence-electron chi connectivity index (χ3n) is 3.74. The molecule has 1 amide bonds. The van der Waals surface area contributed by atoms with E-state index in [1.54, 1.807) is 13.8 Å². The van der Waals surface area contributed by atoms with Gasteiger partial charge in [-0.2, -0.15) is 0 Å². The summed E-state index contributed by atoms with van der Waals surface area (Å²) in [5.74, 6) is -2.00. The number of amides is 1. The lowest BCUT2D eigenvalue weighted by Crippen LogP contribution is -2.42. The summed E-state index contributed by atoms with van der Waals surface area (Å²) >= 11 is 0. The topological polar surface area (TPSA) is 75.6 Å². The van der Waals surface area contributed by atoms with Crippen LogP contribution in [0.4, 0.5) is 13.2 Å². The lowest BCUT2D eigenvalue weighted by Gasteiger charge is -2.26. The Morgan fingerprint density at radius 1 is 1.13 bits per heavy atom. The number of hydrogen-bond donors (Lipinski definition) is 2. The summed E-state index contributed by atoms with van der Waals surface area (Å²) in [5.41, 5.74) is -0.944. The van der Waals surface area contributed by atoms with E-state index in [0.717, 1.165) is 12.1 Å². The van der Waals surface area contributed by atoms with E-state index in [2.05, 4.69) is 10.1 Å². The van der Waals surface area contributed by atoms with Crippen LogP contribution in [0.15, 0.2) is 24.3 Å². The van der Waals surface area contributed by atoms with Gasteiger partial charge in [0.15, 0.2) is 0 Å². The molecule has 0 unspecified atom stereocenters. The number of carbonyl (C=O) groups excluding carboxylic acids is 1. The van der Waals surface area contributed by atoms with Gasteiger partial charge in [0.05, 0.1) is 5.41 Å². The highest BCUT2D eigenvalue weighted by molar-refractivity contribution is 5.94. The molecule has 1 aromatic rings. The summed E-state index contributed by atoms with van der Waals surface area (Å²) in [6.07, 6.45) is -4.11. The van der Waals surface area contributed by atoms with Crippen LogP contribution in [0.2, 0.25) is 0 Å². The first-order valence-corrected chi connectivity index (χ1v) is 7.01. The predicted octanol–water partition coefficient (Wildman–Crippen LogP) is 3.21. The Morgan fingerprint density at radius 3 is 2.04 bits per heavy atom. The number of aliphatic carboxylic acids is 1. The fourth-order valence-corrected chi connectivity index (χ4v) is 2.04. The fraction of sp³-hybridized carbons (Fsp3) is 0.467. The van der Waals surface area contributed by atoms with Gasteiger partial charge in [-0.15, -0.1) is 13.2 Å². The van der Waals surface area contributed by atoms with E-state index in [1.165, 1.54) is 12.1 Å². The minimum absolute atomic E-state index is 0.0605. The Kier molecular flexibility index (Phi) is 6.00. The van der Waals surface area contributed by atoms with Crippen molar-refractivity contribution in [1.29, 1.82) is 0 Å². The van der Waals surface area contributed by atoms with E-state index < -0.39 is 29.4 Å². The number of nitrogens with one attached hydrogen (secondary N) is 1. The SMILES string of the molecule is CCC(CC)(CNC(=O)c1ccc(OC(F)(F)F)cc1)C(=O)O. The minimum atomic E-state index is -4.80. The molecule has 0 aliphatic heterocycles. The summed E-state index contributed by atoms with van der Waals surface area (Å²) in [4.78, 5) is 23.3. The third-order valence-corrected chi connectivity index (χ3v) is 3.74. The zero-order valence-corrected chi connectivity index (χ0v) is 12.7. The van der Waals surface area contributed by atoms with Crippen LogP contribution < -0.4 is 10.1 Å². The molecule has 0 radical (unpaired) electrons. The Labute approximate surface area is 131 Å². The lowest BCUT2D eigenvalue weighted by molar-refractivity contribution is -0.274. The molecule has 1 rings (SSSR count). The van der Waals surface area contributed by atoms with Gasteiger partial charge in [0.25, 0.3) is 5.91 Å². The fourth-order valence-electron chi connectivity index (χ4n) is 2.04. The molecule has 0 aliphatic rings. The lowest BCUT2D eigenvalue weighted by atomic mass is 9.82. The number of rotatable bonds is 7. The van der Waals surface area contributed by atoms with E-state index in [1.807, 2.05) is 0 Å². The molecule has 2 N–H and O–H groups in total. The molecular formula is C15H18F3NO4. The number of alkyl halides is 3. The van der Waals surface area contributed by atoms with Crippen LogP contribution in [-0.2, 0) is 4.79 Å². The maximum atomic E-state index is 12.0. The number of carbonyl (C=O) groups is 2. The average Bonchev–Trinajstić information content (AvgIpc) is 2.47. The molecule has 8 heteroatoms. The second-order valence-corrected chi connectivity index (χ2v) is 5.05. The van der Waals surface area contributed by atoms with E-state index >= 15 is 0 Å². The number of halogens is 3. The number of hydrogen-bond acceptors (Lipinski definition) is 3. The van der Waals surface area contributed by atoms with Crippen molar-refractivity contribution in [3.63, 3.8) is 0 Å². The summed E-state index contributed by atoms with van der Waals surface area (Å²) in [7, 11) is 0. The molecule has 5 nitrogen and oxygen atoms in total. The van der Waals surface area contributed by atoms with Gasteiger partial charge in [0, 0.05) is 12.1 Å². The molecule has 128 valence electrons. The molecule has 0 heterocycles. The Morgan fingerprint density at radius 2 is 1.65 bits per heavy atom. The van der Waals surface area contributed by atoms with Gasteiger partial charge in [0.1, 0.15) is 5.75 Å². The first kappa shape index (κ1) is 18.8. The van der Waals surface area contributed by atoms with Crippen molar-refractivity contribution >= 4 is 11.9 Å². The normalized spacial score (nSPS) is 11.9. The molecule has 0 spiro atoms. The zero-order valence-electron chi connectivity index (χ0n) is 12.7. The number of benzene rings is 1. The van der Waals surface area contributed by atoms with Crippen LogP contribution in [0.3, 0.4) is 0 Å². The second-order valence-electron chi connectivity index (χ2n) is 5.05. The maximum absolute atomic E-state index is 12.0. The van der Waals surface area contributed by atoms with E-state index in [0.29, 0.717) is 12.8 Å². The van der Waals surface area contributed by atoms with Crippen LogP contribution >= 0.6 is 0 Å². The average molecular weight is 333 g/mol. The van der Waals surface area contributed by atoms with Crippen molar-refractivity contribution in [2.75, 3.05) is 6.54 Å². The van der Waals surface area contributed by atoms with Crippen LogP contribution in [0.5, 0.6) is 5.75 Å². The van der Waals surface area contributed by atoms with Gasteiger partial charge in [-0.3, -0.25) is 9.59 Å². The molecule has 0 fully saturated rings. The molecule has 0 atom stereocenters. The molecular weight excluding hydrogens is 315 g/mol. The molecule has 0 aromatic heterocycles. The van der Waals surface area contributed by atoms with E-state index in [-0.39, 0.29) is 12.1 Å². The van der Waals surface area contributed by atoms with Gasteiger partial charge >= 0.3 is 12.3 Å². The summed E-state index contributed by atoms with van der Waals surface area (Å²) in [6.45, 7) is 3.37. The van der Waals surface area contributed by atoms with Gasteiger partial charge in [-0.1, -0.05) is 13.8 Å². The van der Waals surface area contributed by atoms with Crippen molar-refractivity contribution in [2.45, 2.75) is 33.1 Å². The molecule has 0 saturated heterocycles. The highest BCUT2D eigenvalue weighted by Crippen LogP contribution is 2.26. The smallest absolute Gasteiger partial charge is 0.481 e. The molecule has 0 saturated carbocycles. The van der Waals surface area contributed by atoms with E-state index in [4.69, 9.17) is 0 Å². The van der Waals surface area contributed by atoms with Crippen molar-refractivity contribution in [1.82, 2.24) is 5.32 Å².